The number of para-hydroxylation sites is 1. The number of ether oxygens (including phenoxy) is 1. The van der Waals surface area contributed by atoms with Crippen molar-refractivity contribution in [1.82, 2.24) is 5.32 Å². The molecule has 8 heteroatoms. The zero-order chi connectivity index (χ0) is 18.2. The Hall–Kier alpha value is -2.44. The molecule has 1 unspecified atom stereocenters. The Morgan fingerprint density at radius 1 is 1.00 bits per heavy atom. The lowest BCUT2D eigenvalue weighted by atomic mass is 10.3. The minimum absolute atomic E-state index is 0.160. The third-order valence-corrected chi connectivity index (χ3v) is 3.79. The van der Waals surface area contributed by atoms with Crippen molar-refractivity contribution in [2.75, 3.05) is 17.2 Å². The van der Waals surface area contributed by atoms with Crippen molar-refractivity contribution in [3.8, 4) is 0 Å². The molecule has 0 aromatic heterocycles. The summed E-state index contributed by atoms with van der Waals surface area (Å²) in [6, 6.07) is 13.3. The molecule has 0 aliphatic carbocycles. The number of carbonyl (C=O) groups excluding carboxylic acids is 2. The number of carbonyl (C=O) groups is 2. The van der Waals surface area contributed by atoms with Crippen molar-refractivity contribution in [2.45, 2.75) is 13.0 Å². The van der Waals surface area contributed by atoms with Crippen LogP contribution >= 0.6 is 23.2 Å². The molecule has 0 bridgehead atoms. The van der Waals surface area contributed by atoms with Gasteiger partial charge in [0.15, 0.2) is 0 Å². The van der Waals surface area contributed by atoms with Gasteiger partial charge in [0.2, 0.25) is 0 Å². The normalized spacial score (nSPS) is 11.3. The summed E-state index contributed by atoms with van der Waals surface area (Å²) >= 11 is 11.7. The molecule has 6 nitrogen and oxygen atoms in total. The SMILES string of the molecule is CC(CNC(=O)Nc1ccccc1)OC(=O)Nc1ccc(Cl)c(Cl)c1. The van der Waals surface area contributed by atoms with Gasteiger partial charge in [-0.3, -0.25) is 5.32 Å². The molecule has 0 saturated carbocycles. The molecular weight excluding hydrogens is 365 g/mol. The highest BCUT2D eigenvalue weighted by atomic mass is 35.5. The first-order valence-corrected chi connectivity index (χ1v) is 8.22. The molecule has 1 atom stereocenters. The molecule has 2 rings (SSSR count). The van der Waals surface area contributed by atoms with Crippen LogP contribution < -0.4 is 16.0 Å². The lowest BCUT2D eigenvalue weighted by molar-refractivity contribution is 0.120. The zero-order valence-corrected chi connectivity index (χ0v) is 14.9. The number of urea groups is 1. The van der Waals surface area contributed by atoms with Crippen LogP contribution in [0.2, 0.25) is 10.0 Å². The standard InChI is InChI=1S/C17H17Cl2N3O3/c1-11(10-20-16(23)21-12-5-3-2-4-6-12)25-17(24)22-13-7-8-14(18)15(19)9-13/h2-9,11H,10H2,1H3,(H,22,24)(H2,20,21,23). The molecule has 0 aliphatic rings. The second kappa shape index (κ2) is 9.15. The van der Waals surface area contributed by atoms with Gasteiger partial charge in [-0.1, -0.05) is 41.4 Å². The Morgan fingerprint density at radius 2 is 1.72 bits per heavy atom. The van der Waals surface area contributed by atoms with Gasteiger partial charge >= 0.3 is 12.1 Å². The zero-order valence-electron chi connectivity index (χ0n) is 13.4. The van der Waals surface area contributed by atoms with Crippen molar-refractivity contribution >= 4 is 46.7 Å². The maximum Gasteiger partial charge on any atom is 0.411 e. The number of anilines is 2. The second-order valence-electron chi connectivity index (χ2n) is 5.17. The van der Waals surface area contributed by atoms with Gasteiger partial charge in [-0.15, -0.1) is 0 Å². The van der Waals surface area contributed by atoms with Gasteiger partial charge in [-0.05, 0) is 37.3 Å². The third-order valence-electron chi connectivity index (χ3n) is 3.06. The van der Waals surface area contributed by atoms with E-state index in [4.69, 9.17) is 27.9 Å². The summed E-state index contributed by atoms with van der Waals surface area (Å²) in [7, 11) is 0. The van der Waals surface area contributed by atoms with Crippen molar-refractivity contribution in [3.63, 3.8) is 0 Å². The molecule has 132 valence electrons. The van der Waals surface area contributed by atoms with Crippen molar-refractivity contribution < 1.29 is 14.3 Å². The predicted molar refractivity (Wildman–Crippen MR) is 99.5 cm³/mol. The number of nitrogens with one attached hydrogen (secondary N) is 3. The summed E-state index contributed by atoms with van der Waals surface area (Å²) in [5.74, 6) is 0. The number of hydrogen-bond acceptors (Lipinski definition) is 3. The van der Waals surface area contributed by atoms with Crippen LogP contribution in [-0.4, -0.2) is 24.8 Å². The van der Waals surface area contributed by atoms with E-state index in [9.17, 15) is 9.59 Å². The average molecular weight is 382 g/mol. The third kappa shape index (κ3) is 6.52. The highest BCUT2D eigenvalue weighted by Crippen LogP contribution is 2.25. The van der Waals surface area contributed by atoms with Crippen LogP contribution in [0.1, 0.15) is 6.92 Å². The topological polar surface area (TPSA) is 79.5 Å². The van der Waals surface area contributed by atoms with Gasteiger partial charge < -0.3 is 15.4 Å². The monoisotopic (exact) mass is 381 g/mol. The number of benzene rings is 2. The Bertz CT molecular complexity index is 741. The molecule has 2 aromatic carbocycles. The molecule has 0 aliphatic heterocycles. The summed E-state index contributed by atoms with van der Waals surface area (Å²) in [4.78, 5) is 23.6. The van der Waals surface area contributed by atoms with Gasteiger partial charge in [-0.2, -0.15) is 0 Å². The first-order chi connectivity index (χ1) is 11.9. The maximum absolute atomic E-state index is 11.8. The lowest BCUT2D eigenvalue weighted by Gasteiger charge is -2.15. The average Bonchev–Trinajstić information content (AvgIpc) is 2.57. The largest absolute Gasteiger partial charge is 0.444 e. The van der Waals surface area contributed by atoms with E-state index in [-0.39, 0.29) is 12.6 Å². The first kappa shape index (κ1) is 18.9. The van der Waals surface area contributed by atoms with Crippen molar-refractivity contribution in [3.05, 3.63) is 58.6 Å². The summed E-state index contributed by atoms with van der Waals surface area (Å²) in [5.41, 5.74) is 1.13. The minimum Gasteiger partial charge on any atom is -0.444 e. The van der Waals surface area contributed by atoms with E-state index in [2.05, 4.69) is 16.0 Å². The summed E-state index contributed by atoms with van der Waals surface area (Å²) in [5, 5.41) is 8.54. The van der Waals surface area contributed by atoms with Crippen LogP contribution in [-0.2, 0) is 4.74 Å². The fourth-order valence-corrected chi connectivity index (χ4v) is 2.18. The molecule has 0 saturated heterocycles. The Kier molecular flexibility index (Phi) is 6.91. The smallest absolute Gasteiger partial charge is 0.411 e. The fourth-order valence-electron chi connectivity index (χ4n) is 1.88. The van der Waals surface area contributed by atoms with Crippen LogP contribution in [0.25, 0.3) is 0 Å². The number of halogens is 2. The molecule has 3 N–H and O–H groups in total. The Labute approximate surface area is 155 Å². The van der Waals surface area contributed by atoms with Crippen LogP contribution in [0.5, 0.6) is 0 Å². The van der Waals surface area contributed by atoms with E-state index in [1.54, 1.807) is 31.2 Å². The van der Waals surface area contributed by atoms with E-state index in [1.165, 1.54) is 6.07 Å². The fraction of sp³-hybridized carbons (Fsp3) is 0.176. The van der Waals surface area contributed by atoms with E-state index >= 15 is 0 Å². The van der Waals surface area contributed by atoms with Crippen LogP contribution in [0, 0.1) is 0 Å². The van der Waals surface area contributed by atoms with Gasteiger partial charge in [0.25, 0.3) is 0 Å². The minimum atomic E-state index is -0.656. The number of hydrogen-bond donors (Lipinski definition) is 3. The van der Waals surface area contributed by atoms with E-state index in [1.807, 2.05) is 18.2 Å². The quantitative estimate of drug-likeness (QED) is 0.698. The van der Waals surface area contributed by atoms with E-state index in [0.717, 1.165) is 0 Å². The Balaban J connectivity index is 1.73. The molecule has 0 fully saturated rings. The Morgan fingerprint density at radius 3 is 2.40 bits per heavy atom. The lowest BCUT2D eigenvalue weighted by Crippen LogP contribution is -2.36. The second-order valence-corrected chi connectivity index (χ2v) is 5.99. The highest BCUT2D eigenvalue weighted by molar-refractivity contribution is 6.42. The first-order valence-electron chi connectivity index (χ1n) is 7.46. The van der Waals surface area contributed by atoms with Gasteiger partial charge in [-0.25, -0.2) is 9.59 Å². The van der Waals surface area contributed by atoms with Gasteiger partial charge in [0, 0.05) is 11.4 Å². The molecule has 2 aromatic rings. The van der Waals surface area contributed by atoms with Crippen molar-refractivity contribution in [2.24, 2.45) is 0 Å². The van der Waals surface area contributed by atoms with Gasteiger partial charge in [0.05, 0.1) is 16.6 Å². The van der Waals surface area contributed by atoms with Crippen LogP contribution in [0.15, 0.2) is 48.5 Å². The molecule has 0 heterocycles. The molecule has 0 spiro atoms. The molecule has 3 amide bonds. The summed E-state index contributed by atoms with van der Waals surface area (Å²) in [6.45, 7) is 1.82. The van der Waals surface area contributed by atoms with Crippen LogP contribution in [0.3, 0.4) is 0 Å². The predicted octanol–water partition coefficient (Wildman–Crippen LogP) is 4.75. The van der Waals surface area contributed by atoms with Crippen LogP contribution in [0.4, 0.5) is 21.0 Å². The maximum atomic E-state index is 11.8. The highest BCUT2D eigenvalue weighted by Gasteiger charge is 2.12. The molecule has 25 heavy (non-hydrogen) atoms. The molecule has 0 radical (unpaired) electrons. The van der Waals surface area contributed by atoms with Gasteiger partial charge in [0.1, 0.15) is 6.10 Å². The molecular formula is C17H17Cl2N3O3. The van der Waals surface area contributed by atoms with E-state index in [0.29, 0.717) is 21.4 Å². The number of rotatable bonds is 5. The van der Waals surface area contributed by atoms with Crippen molar-refractivity contribution in [1.29, 1.82) is 0 Å². The summed E-state index contributed by atoms with van der Waals surface area (Å²) < 4.78 is 5.16. The summed E-state index contributed by atoms with van der Waals surface area (Å²) in [6.07, 6.45) is -1.18. The van der Waals surface area contributed by atoms with E-state index < -0.39 is 12.2 Å². The number of amides is 3.